The lowest BCUT2D eigenvalue weighted by Crippen LogP contribution is -2.36. The maximum Gasteiger partial charge on any atom is 0.104 e. The number of hydrogen-bond acceptors (Lipinski definition) is 3. The van der Waals surface area contributed by atoms with Gasteiger partial charge in [0.2, 0.25) is 0 Å². The molecule has 1 fully saturated rings. The minimum atomic E-state index is 0.108. The van der Waals surface area contributed by atoms with Crippen LogP contribution in [0, 0.1) is 0 Å². The Morgan fingerprint density at radius 2 is 2.38 bits per heavy atom. The van der Waals surface area contributed by atoms with Crippen molar-refractivity contribution in [2.75, 3.05) is 26.4 Å². The van der Waals surface area contributed by atoms with Crippen molar-refractivity contribution < 1.29 is 14.6 Å². The summed E-state index contributed by atoms with van der Waals surface area (Å²) in [4.78, 5) is 0. The predicted octanol–water partition coefficient (Wildman–Crippen LogP) is -0.606. The standard InChI is InChI=1S/C5H10O3/c6-1-2-8-5-3-7-4-5/h5-6H,1-4H2. The van der Waals surface area contributed by atoms with Gasteiger partial charge in [-0.25, -0.2) is 0 Å². The van der Waals surface area contributed by atoms with Gasteiger partial charge in [0.1, 0.15) is 6.10 Å². The molecule has 1 saturated heterocycles. The molecule has 3 heteroatoms. The first-order valence-electron chi connectivity index (χ1n) is 2.73. The van der Waals surface area contributed by atoms with Gasteiger partial charge in [0.25, 0.3) is 0 Å². The van der Waals surface area contributed by atoms with E-state index in [1.165, 1.54) is 0 Å². The highest BCUT2D eigenvalue weighted by Gasteiger charge is 2.17. The molecule has 0 aromatic rings. The van der Waals surface area contributed by atoms with Crippen molar-refractivity contribution in [3.63, 3.8) is 0 Å². The van der Waals surface area contributed by atoms with Crippen LogP contribution in [-0.2, 0) is 9.47 Å². The summed E-state index contributed by atoms with van der Waals surface area (Å²) >= 11 is 0. The summed E-state index contributed by atoms with van der Waals surface area (Å²) in [6.45, 7) is 1.94. The molecule has 0 bridgehead atoms. The Labute approximate surface area is 48.2 Å². The van der Waals surface area contributed by atoms with E-state index in [2.05, 4.69) is 0 Å². The summed E-state index contributed by atoms with van der Waals surface area (Å²) in [6, 6.07) is 0. The molecule has 8 heavy (non-hydrogen) atoms. The van der Waals surface area contributed by atoms with E-state index in [9.17, 15) is 0 Å². The van der Waals surface area contributed by atoms with Gasteiger partial charge in [0.05, 0.1) is 26.4 Å². The number of aliphatic hydroxyl groups excluding tert-OH is 1. The molecule has 1 heterocycles. The number of rotatable bonds is 3. The zero-order valence-electron chi connectivity index (χ0n) is 4.67. The molecule has 0 atom stereocenters. The molecule has 0 unspecified atom stereocenters. The minimum Gasteiger partial charge on any atom is -0.394 e. The van der Waals surface area contributed by atoms with Gasteiger partial charge in [-0.15, -0.1) is 0 Å². The van der Waals surface area contributed by atoms with Crippen LogP contribution in [0.3, 0.4) is 0 Å². The zero-order valence-corrected chi connectivity index (χ0v) is 4.67. The van der Waals surface area contributed by atoms with E-state index in [0.29, 0.717) is 19.8 Å². The highest BCUT2D eigenvalue weighted by molar-refractivity contribution is 4.63. The molecule has 1 aliphatic heterocycles. The van der Waals surface area contributed by atoms with E-state index in [0.717, 1.165) is 0 Å². The van der Waals surface area contributed by atoms with Crippen molar-refractivity contribution in [3.05, 3.63) is 0 Å². The molecular weight excluding hydrogens is 108 g/mol. The minimum absolute atomic E-state index is 0.108. The van der Waals surface area contributed by atoms with Crippen molar-refractivity contribution in [1.82, 2.24) is 0 Å². The Hall–Kier alpha value is -0.120. The van der Waals surface area contributed by atoms with Crippen LogP contribution >= 0.6 is 0 Å². The van der Waals surface area contributed by atoms with Gasteiger partial charge in [-0.1, -0.05) is 0 Å². The van der Waals surface area contributed by atoms with E-state index < -0.39 is 0 Å². The molecule has 0 aromatic heterocycles. The van der Waals surface area contributed by atoms with Crippen molar-refractivity contribution in [3.8, 4) is 0 Å². The van der Waals surface area contributed by atoms with Crippen LogP contribution in [0.2, 0.25) is 0 Å². The van der Waals surface area contributed by atoms with Crippen molar-refractivity contribution >= 4 is 0 Å². The van der Waals surface area contributed by atoms with Crippen molar-refractivity contribution in [1.29, 1.82) is 0 Å². The Balaban J connectivity index is 1.86. The third-order valence-corrected chi connectivity index (χ3v) is 1.05. The first-order chi connectivity index (χ1) is 3.93. The summed E-state index contributed by atoms with van der Waals surface area (Å²) in [5.41, 5.74) is 0. The number of aliphatic hydroxyl groups is 1. The molecule has 0 aliphatic carbocycles. The second-order valence-electron chi connectivity index (χ2n) is 1.75. The Bertz CT molecular complexity index is 60.7. The summed E-state index contributed by atoms with van der Waals surface area (Å²) in [6.07, 6.45) is 0.252. The van der Waals surface area contributed by atoms with Crippen LogP contribution in [0.1, 0.15) is 0 Å². The quantitative estimate of drug-likeness (QED) is 0.537. The normalized spacial score (nSPS) is 20.6. The molecule has 0 aromatic carbocycles. The zero-order chi connectivity index (χ0) is 5.82. The molecule has 0 radical (unpaired) electrons. The molecule has 0 spiro atoms. The first-order valence-corrected chi connectivity index (χ1v) is 2.73. The predicted molar refractivity (Wildman–Crippen MR) is 27.6 cm³/mol. The lowest BCUT2D eigenvalue weighted by atomic mass is 10.3. The number of hydrogen-bond donors (Lipinski definition) is 1. The third-order valence-electron chi connectivity index (χ3n) is 1.05. The Morgan fingerprint density at radius 1 is 1.62 bits per heavy atom. The fourth-order valence-corrected chi connectivity index (χ4v) is 0.530. The average molecular weight is 118 g/mol. The van der Waals surface area contributed by atoms with Crippen LogP contribution in [-0.4, -0.2) is 37.6 Å². The molecule has 1 rings (SSSR count). The molecular formula is C5H10O3. The lowest BCUT2D eigenvalue weighted by molar-refractivity contribution is -0.133. The van der Waals surface area contributed by atoms with E-state index in [4.69, 9.17) is 14.6 Å². The number of ether oxygens (including phenoxy) is 2. The second-order valence-corrected chi connectivity index (χ2v) is 1.75. The smallest absolute Gasteiger partial charge is 0.104 e. The van der Waals surface area contributed by atoms with Gasteiger partial charge < -0.3 is 14.6 Å². The fourth-order valence-electron chi connectivity index (χ4n) is 0.530. The van der Waals surface area contributed by atoms with Gasteiger partial charge >= 0.3 is 0 Å². The van der Waals surface area contributed by atoms with Gasteiger partial charge in [0, 0.05) is 0 Å². The Morgan fingerprint density at radius 3 is 2.75 bits per heavy atom. The monoisotopic (exact) mass is 118 g/mol. The first kappa shape index (κ1) is 6.01. The lowest BCUT2D eigenvalue weighted by Gasteiger charge is -2.25. The highest BCUT2D eigenvalue weighted by Crippen LogP contribution is 2.03. The van der Waals surface area contributed by atoms with Crippen LogP contribution in [0.15, 0.2) is 0 Å². The third kappa shape index (κ3) is 1.43. The average Bonchev–Trinajstić information content (AvgIpc) is 1.63. The van der Waals surface area contributed by atoms with Crippen molar-refractivity contribution in [2.45, 2.75) is 6.10 Å². The van der Waals surface area contributed by atoms with Crippen LogP contribution in [0.5, 0.6) is 0 Å². The molecule has 3 nitrogen and oxygen atoms in total. The maximum absolute atomic E-state index is 8.27. The van der Waals surface area contributed by atoms with E-state index in [1.54, 1.807) is 0 Å². The molecule has 0 amide bonds. The van der Waals surface area contributed by atoms with Crippen LogP contribution < -0.4 is 0 Å². The van der Waals surface area contributed by atoms with Gasteiger partial charge in [-0.2, -0.15) is 0 Å². The Kier molecular flexibility index (Phi) is 2.27. The topological polar surface area (TPSA) is 38.7 Å². The SMILES string of the molecule is OCCOC1COC1. The summed E-state index contributed by atoms with van der Waals surface area (Å²) in [7, 11) is 0. The maximum atomic E-state index is 8.27. The molecule has 0 saturated carbocycles. The molecule has 1 N–H and O–H groups in total. The molecule has 48 valence electrons. The van der Waals surface area contributed by atoms with Gasteiger partial charge in [-0.3, -0.25) is 0 Å². The van der Waals surface area contributed by atoms with Crippen LogP contribution in [0.25, 0.3) is 0 Å². The van der Waals surface area contributed by atoms with Crippen molar-refractivity contribution in [2.24, 2.45) is 0 Å². The van der Waals surface area contributed by atoms with E-state index >= 15 is 0 Å². The fraction of sp³-hybridized carbons (Fsp3) is 1.00. The molecule has 1 aliphatic rings. The summed E-state index contributed by atoms with van der Waals surface area (Å²) < 4.78 is 9.88. The van der Waals surface area contributed by atoms with Crippen LogP contribution in [0.4, 0.5) is 0 Å². The summed E-state index contributed by atoms with van der Waals surface area (Å²) in [5.74, 6) is 0. The second kappa shape index (κ2) is 3.02. The highest BCUT2D eigenvalue weighted by atomic mass is 16.6. The summed E-state index contributed by atoms with van der Waals surface area (Å²) in [5, 5.41) is 8.27. The van der Waals surface area contributed by atoms with E-state index in [1.807, 2.05) is 0 Å². The van der Waals surface area contributed by atoms with Gasteiger partial charge in [0.15, 0.2) is 0 Å². The largest absolute Gasteiger partial charge is 0.394 e. The van der Waals surface area contributed by atoms with Gasteiger partial charge in [-0.05, 0) is 0 Å². The van der Waals surface area contributed by atoms with E-state index in [-0.39, 0.29) is 12.7 Å².